The molecule has 1 heterocycles. The average Bonchev–Trinajstić information content (AvgIpc) is 2.19. The van der Waals surface area contributed by atoms with Crippen LogP contribution in [0, 0.1) is 0 Å². The van der Waals surface area contributed by atoms with Crippen molar-refractivity contribution in [1.29, 1.82) is 0 Å². The van der Waals surface area contributed by atoms with E-state index in [1.54, 1.807) is 0 Å². The number of benzene rings is 1. The predicted molar refractivity (Wildman–Crippen MR) is 65.5 cm³/mol. The molecule has 1 atom stereocenters. The van der Waals surface area contributed by atoms with E-state index in [4.69, 9.17) is 4.74 Å². The molecule has 1 aromatic rings. The summed E-state index contributed by atoms with van der Waals surface area (Å²) in [5.74, 6) is 1.67. The van der Waals surface area contributed by atoms with E-state index in [0.29, 0.717) is 5.92 Å². The molecule has 0 amide bonds. The zero-order valence-corrected chi connectivity index (χ0v) is 10.5. The second-order valence-electron chi connectivity index (χ2n) is 4.50. The van der Waals surface area contributed by atoms with Gasteiger partial charge >= 0.3 is 0 Å². The molecule has 0 aliphatic carbocycles. The maximum Gasteiger partial charge on any atom is 0.123 e. The Kier molecular flexibility index (Phi) is 3.78. The van der Waals surface area contributed by atoms with Gasteiger partial charge in [-0.15, -0.1) is 0 Å². The van der Waals surface area contributed by atoms with Crippen LogP contribution in [-0.2, 0) is 0 Å². The number of rotatable bonds is 0. The molecule has 0 spiro atoms. The highest BCUT2D eigenvalue weighted by Crippen LogP contribution is 2.39. The lowest BCUT2D eigenvalue weighted by molar-refractivity contribution is 0.0747. The molecule has 0 bridgehead atoms. The minimum absolute atomic E-state index is 0.00618. The molecule has 84 valence electrons. The van der Waals surface area contributed by atoms with Gasteiger partial charge in [-0.3, -0.25) is 0 Å². The summed E-state index contributed by atoms with van der Waals surface area (Å²) in [6.45, 7) is 10.6. The zero-order chi connectivity index (χ0) is 11.5. The Balaban J connectivity index is 0.000000531. The maximum atomic E-state index is 5.89. The summed E-state index contributed by atoms with van der Waals surface area (Å²) in [4.78, 5) is 0. The maximum absolute atomic E-state index is 5.89. The summed E-state index contributed by atoms with van der Waals surface area (Å²) in [5, 5.41) is 0. The molecular formula is C14H22O. The normalized spacial score (nSPS) is 21.8. The van der Waals surface area contributed by atoms with Gasteiger partial charge in [0.1, 0.15) is 11.4 Å². The molecule has 0 saturated carbocycles. The van der Waals surface area contributed by atoms with E-state index in [0.717, 1.165) is 12.2 Å². The van der Waals surface area contributed by atoms with Gasteiger partial charge in [0.05, 0.1) is 0 Å². The molecule has 15 heavy (non-hydrogen) atoms. The molecule has 1 nitrogen and oxygen atoms in total. The number of para-hydroxylation sites is 1. The van der Waals surface area contributed by atoms with Crippen LogP contribution in [0.3, 0.4) is 0 Å². The van der Waals surface area contributed by atoms with E-state index < -0.39 is 0 Å². The second kappa shape index (κ2) is 4.69. The molecule has 0 radical (unpaired) electrons. The smallest absolute Gasteiger partial charge is 0.123 e. The summed E-state index contributed by atoms with van der Waals surface area (Å²) in [7, 11) is 0. The third-order valence-corrected chi connectivity index (χ3v) is 2.63. The Morgan fingerprint density at radius 1 is 1.20 bits per heavy atom. The topological polar surface area (TPSA) is 9.23 Å². The Bertz CT molecular complexity index is 315. The molecule has 1 heteroatoms. The Labute approximate surface area is 93.5 Å². The lowest BCUT2D eigenvalue weighted by Gasteiger charge is -2.36. The van der Waals surface area contributed by atoms with Crippen LogP contribution in [0.5, 0.6) is 5.75 Å². The van der Waals surface area contributed by atoms with Crippen molar-refractivity contribution in [3.63, 3.8) is 0 Å². The first-order valence-corrected chi connectivity index (χ1v) is 5.86. The number of ether oxygens (including phenoxy) is 1. The molecule has 1 aromatic carbocycles. The summed E-state index contributed by atoms with van der Waals surface area (Å²) >= 11 is 0. The van der Waals surface area contributed by atoms with E-state index in [1.807, 2.05) is 19.9 Å². The first-order chi connectivity index (χ1) is 7.08. The third-order valence-electron chi connectivity index (χ3n) is 2.63. The fourth-order valence-electron chi connectivity index (χ4n) is 2.17. The highest BCUT2D eigenvalue weighted by molar-refractivity contribution is 5.38. The van der Waals surface area contributed by atoms with Crippen molar-refractivity contribution in [2.45, 2.75) is 52.6 Å². The molecule has 1 unspecified atom stereocenters. The second-order valence-corrected chi connectivity index (χ2v) is 4.50. The lowest BCUT2D eigenvalue weighted by atomic mass is 9.86. The van der Waals surface area contributed by atoms with Crippen LogP contribution in [0.4, 0.5) is 0 Å². The van der Waals surface area contributed by atoms with Gasteiger partial charge in [-0.05, 0) is 37.8 Å². The minimum Gasteiger partial charge on any atom is -0.488 e. The predicted octanol–water partition coefficient (Wildman–Crippen LogP) is 4.38. The van der Waals surface area contributed by atoms with Gasteiger partial charge in [0.2, 0.25) is 0 Å². The van der Waals surface area contributed by atoms with Crippen LogP contribution in [0.2, 0.25) is 0 Å². The summed E-state index contributed by atoms with van der Waals surface area (Å²) in [6.07, 6.45) is 1.10. The van der Waals surface area contributed by atoms with Crippen molar-refractivity contribution in [1.82, 2.24) is 0 Å². The molecular weight excluding hydrogens is 184 g/mol. The van der Waals surface area contributed by atoms with Crippen LogP contribution in [-0.4, -0.2) is 5.60 Å². The monoisotopic (exact) mass is 206 g/mol. The third kappa shape index (κ3) is 2.74. The average molecular weight is 206 g/mol. The quantitative estimate of drug-likeness (QED) is 0.612. The van der Waals surface area contributed by atoms with Crippen molar-refractivity contribution >= 4 is 0 Å². The Morgan fingerprint density at radius 2 is 1.80 bits per heavy atom. The number of hydrogen-bond acceptors (Lipinski definition) is 1. The molecule has 0 fully saturated rings. The van der Waals surface area contributed by atoms with Gasteiger partial charge in [0, 0.05) is 0 Å². The van der Waals surface area contributed by atoms with Crippen LogP contribution in [0.15, 0.2) is 24.3 Å². The summed E-state index contributed by atoms with van der Waals surface area (Å²) in [5.41, 5.74) is 1.34. The zero-order valence-electron chi connectivity index (χ0n) is 10.5. The molecule has 0 saturated heterocycles. The van der Waals surface area contributed by atoms with Crippen molar-refractivity contribution in [3.8, 4) is 5.75 Å². The first kappa shape index (κ1) is 12.1. The highest BCUT2D eigenvalue weighted by atomic mass is 16.5. The Morgan fingerprint density at radius 3 is 2.47 bits per heavy atom. The van der Waals surface area contributed by atoms with Gasteiger partial charge in [0.15, 0.2) is 0 Å². The van der Waals surface area contributed by atoms with Crippen LogP contribution in [0.1, 0.15) is 52.5 Å². The Hall–Kier alpha value is -0.980. The van der Waals surface area contributed by atoms with Crippen molar-refractivity contribution in [3.05, 3.63) is 29.8 Å². The van der Waals surface area contributed by atoms with Gasteiger partial charge in [-0.1, -0.05) is 39.0 Å². The standard InChI is InChI=1S/C12H16O.C2H6/c1-9-8-12(2,3)13-11-7-5-4-6-10(9)11;1-2/h4-7,9H,8H2,1-3H3;1-2H3. The van der Waals surface area contributed by atoms with Crippen molar-refractivity contribution < 1.29 is 4.74 Å². The van der Waals surface area contributed by atoms with Crippen LogP contribution in [0.25, 0.3) is 0 Å². The molecule has 0 N–H and O–H groups in total. The van der Waals surface area contributed by atoms with Gasteiger partial charge in [-0.25, -0.2) is 0 Å². The first-order valence-electron chi connectivity index (χ1n) is 5.86. The summed E-state index contributed by atoms with van der Waals surface area (Å²) in [6, 6.07) is 8.34. The SMILES string of the molecule is CC.CC1CC(C)(C)Oc2ccccc21. The van der Waals surface area contributed by atoms with E-state index >= 15 is 0 Å². The molecule has 0 aromatic heterocycles. The van der Waals surface area contributed by atoms with E-state index in [1.165, 1.54) is 5.56 Å². The highest BCUT2D eigenvalue weighted by Gasteiger charge is 2.30. The molecule has 1 aliphatic rings. The molecule has 2 rings (SSSR count). The van der Waals surface area contributed by atoms with Crippen LogP contribution >= 0.6 is 0 Å². The summed E-state index contributed by atoms with van der Waals surface area (Å²) < 4.78 is 5.89. The fourth-order valence-corrected chi connectivity index (χ4v) is 2.17. The van der Waals surface area contributed by atoms with E-state index in [2.05, 4.69) is 39.0 Å². The van der Waals surface area contributed by atoms with Crippen molar-refractivity contribution in [2.24, 2.45) is 0 Å². The number of hydrogen-bond donors (Lipinski definition) is 0. The van der Waals surface area contributed by atoms with E-state index in [-0.39, 0.29) is 5.60 Å². The van der Waals surface area contributed by atoms with Gasteiger partial charge < -0.3 is 4.74 Å². The number of fused-ring (bicyclic) bond motifs is 1. The van der Waals surface area contributed by atoms with Crippen molar-refractivity contribution in [2.75, 3.05) is 0 Å². The lowest BCUT2D eigenvalue weighted by Crippen LogP contribution is -2.33. The van der Waals surface area contributed by atoms with E-state index in [9.17, 15) is 0 Å². The fraction of sp³-hybridized carbons (Fsp3) is 0.571. The minimum atomic E-state index is -0.00618. The largest absolute Gasteiger partial charge is 0.488 e. The van der Waals surface area contributed by atoms with Gasteiger partial charge in [-0.2, -0.15) is 0 Å². The molecule has 1 aliphatic heterocycles. The van der Waals surface area contributed by atoms with Crippen LogP contribution < -0.4 is 4.74 Å². The van der Waals surface area contributed by atoms with Gasteiger partial charge in [0.25, 0.3) is 0 Å².